The van der Waals surface area contributed by atoms with Gasteiger partial charge in [-0.3, -0.25) is 4.90 Å². The standard InChI is InChI=1S/C12H15NO4/c1-12(2,3)17-11(16)13-8-5-4-7(8)6-9(13)10(14)15/h7-9H,6H2,1-3H3,(H,14,15)/t7-,8-,9-/m1/s1. The molecule has 5 heteroatoms. The summed E-state index contributed by atoms with van der Waals surface area (Å²) in [6, 6.07) is -1.12. The topological polar surface area (TPSA) is 66.8 Å². The minimum Gasteiger partial charge on any atom is -0.480 e. The van der Waals surface area contributed by atoms with Gasteiger partial charge in [-0.2, -0.15) is 0 Å². The summed E-state index contributed by atoms with van der Waals surface area (Å²) >= 11 is 0. The molecule has 1 aliphatic heterocycles. The molecule has 0 radical (unpaired) electrons. The third-order valence-electron chi connectivity index (χ3n) is 2.80. The van der Waals surface area contributed by atoms with Crippen LogP contribution in [0.5, 0.6) is 0 Å². The van der Waals surface area contributed by atoms with Gasteiger partial charge in [-0.15, -0.1) is 0 Å². The summed E-state index contributed by atoms with van der Waals surface area (Å²) in [5.41, 5.74) is -0.630. The van der Waals surface area contributed by atoms with Crippen LogP contribution in [0.25, 0.3) is 0 Å². The number of hydrogen-bond donors (Lipinski definition) is 1. The summed E-state index contributed by atoms with van der Waals surface area (Å²) in [6.07, 6.45) is -0.196. The van der Waals surface area contributed by atoms with E-state index in [1.165, 1.54) is 4.90 Å². The molecule has 0 bridgehead atoms. The molecule has 3 atom stereocenters. The van der Waals surface area contributed by atoms with E-state index in [1.54, 1.807) is 20.8 Å². The minimum atomic E-state index is -1.01. The number of ether oxygens (including phenoxy) is 1. The molecule has 0 aromatic rings. The second kappa shape index (κ2) is 3.66. The maximum atomic E-state index is 11.9. The van der Waals surface area contributed by atoms with Crippen LogP contribution in [0.4, 0.5) is 4.79 Å². The van der Waals surface area contributed by atoms with Crippen LogP contribution in [-0.4, -0.2) is 39.8 Å². The smallest absolute Gasteiger partial charge is 0.412 e. The van der Waals surface area contributed by atoms with Crippen LogP contribution in [0.3, 0.4) is 0 Å². The molecule has 1 amide bonds. The van der Waals surface area contributed by atoms with E-state index in [0.717, 1.165) is 0 Å². The lowest BCUT2D eigenvalue weighted by Crippen LogP contribution is -2.48. The number of rotatable bonds is 1. The third-order valence-corrected chi connectivity index (χ3v) is 2.80. The van der Waals surface area contributed by atoms with Crippen LogP contribution < -0.4 is 0 Å². The highest BCUT2D eigenvalue weighted by Crippen LogP contribution is 2.34. The largest absolute Gasteiger partial charge is 0.480 e. The van der Waals surface area contributed by atoms with E-state index in [9.17, 15) is 9.59 Å². The quantitative estimate of drug-likeness (QED) is 0.693. The van der Waals surface area contributed by atoms with E-state index in [2.05, 4.69) is 11.8 Å². The fourth-order valence-electron chi connectivity index (χ4n) is 2.05. The molecule has 1 saturated heterocycles. The van der Waals surface area contributed by atoms with Crippen LogP contribution in [0.2, 0.25) is 0 Å². The number of carbonyl (C=O) groups is 2. The van der Waals surface area contributed by atoms with Crippen molar-refractivity contribution in [3.8, 4) is 11.8 Å². The van der Waals surface area contributed by atoms with Gasteiger partial charge >= 0.3 is 12.1 Å². The van der Waals surface area contributed by atoms with Crippen LogP contribution in [0.1, 0.15) is 27.2 Å². The van der Waals surface area contributed by atoms with Gasteiger partial charge in [0.05, 0.1) is 5.92 Å². The number of nitrogens with zero attached hydrogens (tertiary/aromatic N) is 1. The molecule has 1 fully saturated rings. The Balaban J connectivity index is 2.15. The number of hydrogen-bond acceptors (Lipinski definition) is 3. The molecule has 2 aliphatic rings. The lowest BCUT2D eigenvalue weighted by Gasteiger charge is -2.30. The van der Waals surface area contributed by atoms with Gasteiger partial charge < -0.3 is 9.84 Å². The number of carbonyl (C=O) groups excluding carboxylic acids is 1. The molecule has 5 nitrogen and oxygen atoms in total. The Labute approximate surface area is 99.7 Å². The van der Waals surface area contributed by atoms with Crippen molar-refractivity contribution in [2.24, 2.45) is 5.92 Å². The number of amides is 1. The Kier molecular flexibility index (Phi) is 2.53. The first-order valence-corrected chi connectivity index (χ1v) is 5.55. The molecule has 0 unspecified atom stereocenters. The molecule has 1 heterocycles. The van der Waals surface area contributed by atoms with E-state index < -0.39 is 23.7 Å². The molecule has 0 saturated carbocycles. The molecule has 1 N–H and O–H groups in total. The number of likely N-dealkylation sites (tertiary alicyclic amines) is 1. The fourth-order valence-corrected chi connectivity index (χ4v) is 2.05. The maximum Gasteiger partial charge on any atom is 0.412 e. The molecule has 92 valence electrons. The first kappa shape index (κ1) is 11.8. The molecule has 2 rings (SSSR count). The third kappa shape index (κ3) is 2.07. The number of fused-ring (bicyclic) bond motifs is 1. The summed E-state index contributed by atoms with van der Waals surface area (Å²) in [7, 11) is 0. The number of aliphatic carboxylic acids is 1. The van der Waals surface area contributed by atoms with E-state index in [0.29, 0.717) is 6.42 Å². The van der Waals surface area contributed by atoms with Gasteiger partial charge in [0.15, 0.2) is 0 Å². The molecule has 17 heavy (non-hydrogen) atoms. The Bertz CT molecular complexity index is 426. The van der Waals surface area contributed by atoms with Crippen molar-refractivity contribution in [3.05, 3.63) is 0 Å². The van der Waals surface area contributed by atoms with Gasteiger partial charge in [-0.1, -0.05) is 11.8 Å². The maximum absolute atomic E-state index is 11.9. The SMILES string of the molecule is CC(C)(C)OC(=O)N1[C@@H](C(=O)O)C[C@H]2C#C[C@H]21. The summed E-state index contributed by atoms with van der Waals surface area (Å²) in [5.74, 6) is 4.68. The second-order valence-electron chi connectivity index (χ2n) is 5.32. The Morgan fingerprint density at radius 1 is 1.35 bits per heavy atom. The van der Waals surface area contributed by atoms with E-state index in [1.807, 2.05) is 0 Å². The molecule has 1 aliphatic carbocycles. The highest BCUT2D eigenvalue weighted by Gasteiger charge is 2.50. The Hall–Kier alpha value is -1.70. The van der Waals surface area contributed by atoms with Gasteiger partial charge in [0.1, 0.15) is 17.7 Å². The van der Waals surface area contributed by atoms with Gasteiger partial charge in [-0.05, 0) is 27.2 Å². The lowest BCUT2D eigenvalue weighted by molar-refractivity contribution is -0.142. The van der Waals surface area contributed by atoms with Crippen molar-refractivity contribution >= 4 is 12.1 Å². The molecule has 0 spiro atoms. The van der Waals surface area contributed by atoms with Gasteiger partial charge in [0.2, 0.25) is 0 Å². The van der Waals surface area contributed by atoms with Crippen LogP contribution in [0, 0.1) is 17.8 Å². The zero-order valence-electron chi connectivity index (χ0n) is 10.1. The predicted octanol–water partition coefficient (Wildman–Crippen LogP) is 1.08. The molecule has 0 aromatic heterocycles. The van der Waals surface area contributed by atoms with Crippen LogP contribution in [0.15, 0.2) is 0 Å². The van der Waals surface area contributed by atoms with E-state index in [4.69, 9.17) is 9.84 Å². The van der Waals surface area contributed by atoms with Crippen molar-refractivity contribution in [2.45, 2.75) is 44.9 Å². The Morgan fingerprint density at radius 2 is 2.00 bits per heavy atom. The Morgan fingerprint density at radius 3 is 2.41 bits per heavy atom. The first-order valence-electron chi connectivity index (χ1n) is 5.55. The number of carboxylic acids is 1. The predicted molar refractivity (Wildman–Crippen MR) is 59.2 cm³/mol. The normalized spacial score (nSPS) is 29.8. The van der Waals surface area contributed by atoms with E-state index in [-0.39, 0.29) is 12.0 Å². The average molecular weight is 237 g/mol. The van der Waals surface area contributed by atoms with Gasteiger partial charge in [0.25, 0.3) is 0 Å². The average Bonchev–Trinajstić information content (AvgIpc) is 2.35. The summed E-state index contributed by atoms with van der Waals surface area (Å²) in [4.78, 5) is 24.3. The molecular formula is C12H15NO4. The monoisotopic (exact) mass is 237 g/mol. The van der Waals surface area contributed by atoms with E-state index >= 15 is 0 Å². The van der Waals surface area contributed by atoms with Gasteiger partial charge in [0, 0.05) is 0 Å². The van der Waals surface area contributed by atoms with Crippen LogP contribution >= 0.6 is 0 Å². The van der Waals surface area contributed by atoms with Crippen molar-refractivity contribution in [3.63, 3.8) is 0 Å². The summed E-state index contributed by atoms with van der Waals surface area (Å²) in [5, 5.41) is 9.09. The highest BCUT2D eigenvalue weighted by molar-refractivity contribution is 5.82. The van der Waals surface area contributed by atoms with Crippen molar-refractivity contribution < 1.29 is 19.4 Å². The molecular weight excluding hydrogens is 222 g/mol. The summed E-state index contributed by atoms with van der Waals surface area (Å²) in [6.45, 7) is 5.25. The number of carboxylic acid groups (broad SMARTS) is 1. The van der Waals surface area contributed by atoms with Crippen molar-refractivity contribution in [1.82, 2.24) is 4.90 Å². The molecule has 0 aromatic carbocycles. The highest BCUT2D eigenvalue weighted by atomic mass is 16.6. The fraction of sp³-hybridized carbons (Fsp3) is 0.667. The van der Waals surface area contributed by atoms with Crippen molar-refractivity contribution in [1.29, 1.82) is 0 Å². The van der Waals surface area contributed by atoms with Gasteiger partial charge in [-0.25, -0.2) is 9.59 Å². The van der Waals surface area contributed by atoms with Crippen LogP contribution in [-0.2, 0) is 9.53 Å². The zero-order chi connectivity index (χ0) is 12.8. The minimum absolute atomic E-state index is 0.0105. The summed E-state index contributed by atoms with van der Waals surface area (Å²) < 4.78 is 5.21. The zero-order valence-corrected chi connectivity index (χ0v) is 10.1. The first-order chi connectivity index (χ1) is 7.79. The lowest BCUT2D eigenvalue weighted by atomic mass is 9.92. The second-order valence-corrected chi connectivity index (χ2v) is 5.32. The van der Waals surface area contributed by atoms with Crippen molar-refractivity contribution in [2.75, 3.05) is 0 Å².